The van der Waals surface area contributed by atoms with E-state index < -0.39 is 5.97 Å². The summed E-state index contributed by atoms with van der Waals surface area (Å²) in [6.45, 7) is 5.86. The quantitative estimate of drug-likeness (QED) is 0.808. The summed E-state index contributed by atoms with van der Waals surface area (Å²) in [5, 5.41) is 0.908. The van der Waals surface area contributed by atoms with E-state index in [4.69, 9.17) is 13.9 Å². The molecule has 1 fully saturated rings. The fourth-order valence-electron chi connectivity index (χ4n) is 2.51. The number of furan rings is 1. The third-order valence-electron chi connectivity index (χ3n) is 3.55. The maximum absolute atomic E-state index is 12.1. The summed E-state index contributed by atoms with van der Waals surface area (Å²) in [6, 6.07) is 9.26. The van der Waals surface area contributed by atoms with Gasteiger partial charge in [-0.2, -0.15) is 0 Å². The SMILES string of the molecule is CC(CN1CCOCC1)OC(=O)c1cc2ccccc2o1. The van der Waals surface area contributed by atoms with Gasteiger partial charge in [0.2, 0.25) is 5.76 Å². The van der Waals surface area contributed by atoms with E-state index in [2.05, 4.69) is 4.90 Å². The molecule has 1 atom stereocenters. The second-order valence-electron chi connectivity index (χ2n) is 5.28. The summed E-state index contributed by atoms with van der Waals surface area (Å²) in [5.41, 5.74) is 0.699. The van der Waals surface area contributed by atoms with Crippen molar-refractivity contribution in [3.63, 3.8) is 0 Å². The Bertz CT molecular complexity index is 583. The lowest BCUT2D eigenvalue weighted by molar-refractivity contribution is -0.00113. The number of carbonyl (C=O) groups is 1. The predicted molar refractivity (Wildman–Crippen MR) is 78.4 cm³/mol. The van der Waals surface area contributed by atoms with E-state index in [0.717, 1.165) is 38.2 Å². The third kappa shape index (κ3) is 3.43. The molecule has 2 aromatic rings. The highest BCUT2D eigenvalue weighted by Gasteiger charge is 2.19. The van der Waals surface area contributed by atoms with Gasteiger partial charge < -0.3 is 13.9 Å². The molecule has 5 nitrogen and oxygen atoms in total. The van der Waals surface area contributed by atoms with E-state index in [1.54, 1.807) is 6.07 Å². The van der Waals surface area contributed by atoms with Crippen LogP contribution in [0.4, 0.5) is 0 Å². The highest BCUT2D eigenvalue weighted by molar-refractivity contribution is 5.92. The number of para-hydroxylation sites is 1. The first-order valence-corrected chi connectivity index (χ1v) is 7.22. The number of morpholine rings is 1. The number of fused-ring (bicyclic) bond motifs is 1. The molecule has 0 saturated carbocycles. The Morgan fingerprint density at radius 3 is 2.86 bits per heavy atom. The van der Waals surface area contributed by atoms with Crippen LogP contribution in [0.5, 0.6) is 0 Å². The molecule has 1 aliphatic rings. The molecule has 0 amide bonds. The molecule has 1 aromatic carbocycles. The number of hydrogen-bond acceptors (Lipinski definition) is 5. The van der Waals surface area contributed by atoms with Crippen LogP contribution in [0.15, 0.2) is 34.7 Å². The van der Waals surface area contributed by atoms with Gasteiger partial charge in [0.15, 0.2) is 0 Å². The van der Waals surface area contributed by atoms with Crippen molar-refractivity contribution in [3.8, 4) is 0 Å². The fourth-order valence-corrected chi connectivity index (χ4v) is 2.51. The molecule has 0 radical (unpaired) electrons. The van der Waals surface area contributed by atoms with Gasteiger partial charge in [0, 0.05) is 25.0 Å². The zero-order valence-electron chi connectivity index (χ0n) is 12.1. The Morgan fingerprint density at radius 2 is 2.10 bits per heavy atom. The first-order valence-electron chi connectivity index (χ1n) is 7.22. The van der Waals surface area contributed by atoms with Crippen molar-refractivity contribution in [2.24, 2.45) is 0 Å². The van der Waals surface area contributed by atoms with E-state index in [9.17, 15) is 4.79 Å². The lowest BCUT2D eigenvalue weighted by Gasteiger charge is -2.28. The summed E-state index contributed by atoms with van der Waals surface area (Å²) in [5.74, 6) is -0.156. The van der Waals surface area contributed by atoms with Gasteiger partial charge in [-0.15, -0.1) is 0 Å². The minimum absolute atomic E-state index is 0.177. The molecule has 5 heteroatoms. The number of rotatable bonds is 4. The molecule has 0 bridgehead atoms. The molecule has 1 aromatic heterocycles. The minimum atomic E-state index is -0.410. The van der Waals surface area contributed by atoms with Crippen LogP contribution in [0, 0.1) is 0 Å². The van der Waals surface area contributed by atoms with Gasteiger partial charge in [0.25, 0.3) is 0 Å². The number of ether oxygens (including phenoxy) is 2. The molecule has 1 saturated heterocycles. The van der Waals surface area contributed by atoms with Crippen molar-refractivity contribution in [2.45, 2.75) is 13.0 Å². The highest BCUT2D eigenvalue weighted by Crippen LogP contribution is 2.19. The average Bonchev–Trinajstić information content (AvgIpc) is 2.92. The first kappa shape index (κ1) is 14.1. The standard InChI is InChI=1S/C16H19NO4/c1-12(11-17-6-8-19-9-7-17)20-16(18)15-10-13-4-2-3-5-14(13)21-15/h2-5,10,12H,6-9,11H2,1H3. The van der Waals surface area contributed by atoms with Crippen molar-refractivity contribution in [3.05, 3.63) is 36.1 Å². The lowest BCUT2D eigenvalue weighted by Crippen LogP contribution is -2.41. The summed E-state index contributed by atoms with van der Waals surface area (Å²) >= 11 is 0. The topological polar surface area (TPSA) is 51.9 Å². The van der Waals surface area contributed by atoms with Gasteiger partial charge in [-0.1, -0.05) is 18.2 Å². The highest BCUT2D eigenvalue weighted by atomic mass is 16.6. The van der Waals surface area contributed by atoms with E-state index in [1.807, 2.05) is 31.2 Å². The van der Waals surface area contributed by atoms with Crippen LogP contribution in [0.25, 0.3) is 11.0 Å². The lowest BCUT2D eigenvalue weighted by atomic mass is 10.2. The van der Waals surface area contributed by atoms with E-state index in [-0.39, 0.29) is 11.9 Å². The van der Waals surface area contributed by atoms with Gasteiger partial charge in [-0.25, -0.2) is 4.79 Å². The van der Waals surface area contributed by atoms with Crippen LogP contribution >= 0.6 is 0 Å². The van der Waals surface area contributed by atoms with Crippen LogP contribution in [0.3, 0.4) is 0 Å². The Hall–Kier alpha value is -1.85. The van der Waals surface area contributed by atoms with E-state index in [0.29, 0.717) is 5.58 Å². The molecule has 112 valence electrons. The first-order chi connectivity index (χ1) is 10.2. The number of nitrogens with zero attached hydrogens (tertiary/aromatic N) is 1. The van der Waals surface area contributed by atoms with Crippen LogP contribution in [0.1, 0.15) is 17.5 Å². The number of benzene rings is 1. The van der Waals surface area contributed by atoms with Gasteiger partial charge in [0.1, 0.15) is 11.7 Å². The molecular weight excluding hydrogens is 270 g/mol. The van der Waals surface area contributed by atoms with Gasteiger partial charge in [-0.3, -0.25) is 4.90 Å². The van der Waals surface area contributed by atoms with Crippen LogP contribution in [0.2, 0.25) is 0 Å². The van der Waals surface area contributed by atoms with Crippen molar-refractivity contribution in [2.75, 3.05) is 32.8 Å². The van der Waals surface area contributed by atoms with Crippen LogP contribution in [-0.2, 0) is 9.47 Å². The zero-order chi connectivity index (χ0) is 14.7. The van der Waals surface area contributed by atoms with Crippen molar-refractivity contribution >= 4 is 16.9 Å². The normalized spacial score (nSPS) is 17.8. The van der Waals surface area contributed by atoms with E-state index in [1.165, 1.54) is 0 Å². The minimum Gasteiger partial charge on any atom is -0.455 e. The second kappa shape index (κ2) is 6.28. The summed E-state index contributed by atoms with van der Waals surface area (Å²) in [6.07, 6.45) is -0.177. The van der Waals surface area contributed by atoms with Crippen LogP contribution < -0.4 is 0 Å². The largest absolute Gasteiger partial charge is 0.455 e. The molecule has 1 aliphatic heterocycles. The molecule has 0 aliphatic carbocycles. The Balaban J connectivity index is 1.59. The third-order valence-corrected chi connectivity index (χ3v) is 3.55. The van der Waals surface area contributed by atoms with Gasteiger partial charge in [-0.05, 0) is 19.1 Å². The Labute approximate surface area is 123 Å². The molecule has 21 heavy (non-hydrogen) atoms. The molecular formula is C16H19NO4. The Kier molecular flexibility index (Phi) is 4.22. The maximum atomic E-state index is 12.1. The monoisotopic (exact) mass is 289 g/mol. The predicted octanol–water partition coefficient (Wildman–Crippen LogP) is 2.31. The van der Waals surface area contributed by atoms with Crippen LogP contribution in [-0.4, -0.2) is 49.8 Å². The van der Waals surface area contributed by atoms with Gasteiger partial charge >= 0.3 is 5.97 Å². The molecule has 0 N–H and O–H groups in total. The van der Waals surface area contributed by atoms with Gasteiger partial charge in [0.05, 0.1) is 13.2 Å². The summed E-state index contributed by atoms with van der Waals surface area (Å²) in [4.78, 5) is 14.3. The van der Waals surface area contributed by atoms with Crippen molar-refractivity contribution in [1.29, 1.82) is 0 Å². The maximum Gasteiger partial charge on any atom is 0.374 e. The Morgan fingerprint density at radius 1 is 1.33 bits per heavy atom. The number of hydrogen-bond donors (Lipinski definition) is 0. The van der Waals surface area contributed by atoms with Crippen molar-refractivity contribution < 1.29 is 18.7 Å². The number of esters is 1. The molecule has 1 unspecified atom stereocenters. The zero-order valence-corrected chi connectivity index (χ0v) is 12.1. The summed E-state index contributed by atoms with van der Waals surface area (Å²) in [7, 11) is 0. The molecule has 2 heterocycles. The summed E-state index contributed by atoms with van der Waals surface area (Å²) < 4.78 is 16.3. The second-order valence-corrected chi connectivity index (χ2v) is 5.28. The van der Waals surface area contributed by atoms with E-state index >= 15 is 0 Å². The molecule has 0 spiro atoms. The number of carbonyl (C=O) groups excluding carboxylic acids is 1. The smallest absolute Gasteiger partial charge is 0.374 e. The van der Waals surface area contributed by atoms with Crippen molar-refractivity contribution in [1.82, 2.24) is 4.90 Å². The fraction of sp³-hybridized carbons (Fsp3) is 0.438. The average molecular weight is 289 g/mol. The molecule has 3 rings (SSSR count).